The van der Waals surface area contributed by atoms with Crippen LogP contribution in [0, 0.1) is 6.92 Å². The molecule has 0 amide bonds. The van der Waals surface area contributed by atoms with Crippen molar-refractivity contribution in [3.8, 4) is 28.2 Å². The topological polar surface area (TPSA) is 55.6 Å². The van der Waals surface area contributed by atoms with Crippen LogP contribution in [0.3, 0.4) is 0 Å². The molecule has 4 aromatic rings. The zero-order valence-electron chi connectivity index (χ0n) is 21.4. The van der Waals surface area contributed by atoms with E-state index in [-0.39, 0.29) is 0 Å². The first-order chi connectivity index (χ1) is 17.4. The van der Waals surface area contributed by atoms with Gasteiger partial charge in [-0.05, 0) is 71.8 Å². The number of benzene rings is 3. The summed E-state index contributed by atoms with van der Waals surface area (Å²) >= 11 is 0. The predicted octanol–water partition coefficient (Wildman–Crippen LogP) is 6.82. The van der Waals surface area contributed by atoms with Gasteiger partial charge < -0.3 is 14.2 Å². The van der Waals surface area contributed by atoms with E-state index in [1.165, 1.54) is 16.7 Å². The smallest absolute Gasteiger partial charge is 0.179 e. The lowest BCUT2D eigenvalue weighted by Crippen LogP contribution is -2.26. The highest BCUT2D eigenvalue weighted by Crippen LogP contribution is 2.42. The highest BCUT2D eigenvalue weighted by atomic mass is 16.5. The van der Waals surface area contributed by atoms with Gasteiger partial charge in [0.1, 0.15) is 12.4 Å². The van der Waals surface area contributed by atoms with Crippen molar-refractivity contribution >= 4 is 6.29 Å². The minimum absolute atomic E-state index is 0.304. The Hall–Kier alpha value is -3.70. The van der Waals surface area contributed by atoms with Crippen LogP contribution in [-0.2, 0) is 19.6 Å². The van der Waals surface area contributed by atoms with Crippen molar-refractivity contribution in [1.82, 2.24) is 10.1 Å². The summed E-state index contributed by atoms with van der Waals surface area (Å²) < 4.78 is 12.2. The van der Waals surface area contributed by atoms with Crippen LogP contribution in [0.4, 0.5) is 0 Å². The maximum Gasteiger partial charge on any atom is 0.179 e. The molecule has 5 nitrogen and oxygen atoms in total. The highest BCUT2D eigenvalue weighted by molar-refractivity contribution is 5.93. The Morgan fingerprint density at radius 3 is 2.64 bits per heavy atom. The number of aryl methyl sites for hydroxylation is 1. The van der Waals surface area contributed by atoms with E-state index in [4.69, 9.17) is 9.26 Å². The number of fused-ring (bicyclic) bond motifs is 1. The van der Waals surface area contributed by atoms with Crippen LogP contribution in [0.1, 0.15) is 58.1 Å². The Balaban J connectivity index is 1.63. The zero-order valence-corrected chi connectivity index (χ0v) is 21.4. The molecule has 3 aromatic carbocycles. The fraction of sp³-hybridized carbons (Fsp3) is 0.290. The molecule has 0 fully saturated rings. The molecular formula is C31H32N2O3. The van der Waals surface area contributed by atoms with Crippen LogP contribution in [0.25, 0.3) is 22.5 Å². The van der Waals surface area contributed by atoms with Gasteiger partial charge in [-0.15, -0.1) is 0 Å². The van der Waals surface area contributed by atoms with Crippen LogP contribution in [-0.4, -0.2) is 29.9 Å². The number of aldehydes is 1. The third kappa shape index (κ3) is 4.71. The van der Waals surface area contributed by atoms with Gasteiger partial charge in [-0.2, -0.15) is 0 Å². The number of ether oxygens (including phenoxy) is 1. The van der Waals surface area contributed by atoms with Gasteiger partial charge in [0.15, 0.2) is 17.7 Å². The van der Waals surface area contributed by atoms with Crippen LogP contribution >= 0.6 is 0 Å². The van der Waals surface area contributed by atoms with Crippen LogP contribution in [0.5, 0.6) is 5.75 Å². The normalized spacial score (nSPS) is 13.6. The van der Waals surface area contributed by atoms with Gasteiger partial charge in [0.05, 0.1) is 11.1 Å². The average Bonchev–Trinajstić information content (AvgIpc) is 3.31. The fourth-order valence-corrected chi connectivity index (χ4v) is 5.05. The van der Waals surface area contributed by atoms with Crippen molar-refractivity contribution in [2.75, 3.05) is 13.6 Å². The predicted molar refractivity (Wildman–Crippen MR) is 142 cm³/mol. The number of hydrogen-bond donors (Lipinski definition) is 0. The summed E-state index contributed by atoms with van der Waals surface area (Å²) in [4.78, 5) is 14.4. The van der Waals surface area contributed by atoms with E-state index in [1.54, 1.807) is 0 Å². The van der Waals surface area contributed by atoms with Gasteiger partial charge in [-0.1, -0.05) is 67.5 Å². The molecule has 0 N–H and O–H groups in total. The van der Waals surface area contributed by atoms with E-state index in [2.05, 4.69) is 68.2 Å². The monoisotopic (exact) mass is 480 g/mol. The number of carbonyl (C=O) groups is 1. The lowest BCUT2D eigenvalue weighted by molar-refractivity contribution is 0.111. The largest absolute Gasteiger partial charge is 0.488 e. The summed E-state index contributed by atoms with van der Waals surface area (Å²) in [6, 6.07) is 20.7. The second-order valence-corrected chi connectivity index (χ2v) is 9.99. The molecule has 0 radical (unpaired) electrons. The second kappa shape index (κ2) is 10.1. The molecule has 0 atom stereocenters. The van der Waals surface area contributed by atoms with Crippen LogP contribution in [0.2, 0.25) is 0 Å². The van der Waals surface area contributed by atoms with Crippen molar-refractivity contribution < 1.29 is 14.1 Å². The Bertz CT molecular complexity index is 1390. The molecule has 36 heavy (non-hydrogen) atoms. The first-order valence-corrected chi connectivity index (χ1v) is 12.5. The number of likely N-dealkylation sites (N-methyl/N-ethyl adjacent to an activating group) is 1. The van der Waals surface area contributed by atoms with Gasteiger partial charge >= 0.3 is 0 Å². The molecule has 1 aromatic heterocycles. The molecule has 1 aliphatic rings. The summed E-state index contributed by atoms with van der Waals surface area (Å²) in [7, 11) is 2.14. The minimum atomic E-state index is 0.304. The molecular weight excluding hydrogens is 448 g/mol. The number of nitrogens with zero attached hydrogens (tertiary/aromatic N) is 2. The summed E-state index contributed by atoms with van der Waals surface area (Å²) in [5.74, 6) is 1.61. The SMILES string of the molecule is Cc1cc(OCc2ccccc2)c(-c2onc(C=O)c2-c2ccc3c(c2)CCN(C)C3)cc1C(C)C. The molecule has 1 aliphatic heterocycles. The highest BCUT2D eigenvalue weighted by Gasteiger charge is 2.25. The molecule has 0 spiro atoms. The first-order valence-electron chi connectivity index (χ1n) is 12.5. The van der Waals surface area contributed by atoms with Gasteiger partial charge in [0.2, 0.25) is 0 Å². The van der Waals surface area contributed by atoms with E-state index in [0.717, 1.165) is 59.4 Å². The van der Waals surface area contributed by atoms with Gasteiger partial charge in [0.25, 0.3) is 0 Å². The van der Waals surface area contributed by atoms with Gasteiger partial charge in [-0.3, -0.25) is 4.79 Å². The summed E-state index contributed by atoms with van der Waals surface area (Å²) in [6.45, 7) is 8.84. The number of carbonyl (C=O) groups excluding carboxylic acids is 1. The molecule has 0 bridgehead atoms. The van der Waals surface area contributed by atoms with Crippen molar-refractivity contribution in [2.45, 2.75) is 46.3 Å². The summed E-state index contributed by atoms with van der Waals surface area (Å²) in [6.07, 6.45) is 1.75. The molecule has 0 saturated carbocycles. The van der Waals surface area contributed by atoms with E-state index >= 15 is 0 Å². The summed E-state index contributed by atoms with van der Waals surface area (Å²) in [5, 5.41) is 4.16. The average molecular weight is 481 g/mol. The molecule has 5 heteroatoms. The lowest BCUT2D eigenvalue weighted by Gasteiger charge is -2.25. The maximum atomic E-state index is 12.0. The molecule has 0 unspecified atom stereocenters. The van der Waals surface area contributed by atoms with E-state index in [1.807, 2.05) is 30.3 Å². The number of rotatable bonds is 7. The zero-order chi connectivity index (χ0) is 25.2. The third-order valence-corrected chi connectivity index (χ3v) is 7.00. The van der Waals surface area contributed by atoms with Gasteiger partial charge in [0, 0.05) is 13.1 Å². The Morgan fingerprint density at radius 1 is 1.08 bits per heavy atom. The van der Waals surface area contributed by atoms with Crippen molar-refractivity contribution in [2.24, 2.45) is 0 Å². The molecule has 0 saturated heterocycles. The number of aromatic nitrogens is 1. The van der Waals surface area contributed by atoms with Gasteiger partial charge in [-0.25, -0.2) is 0 Å². The van der Waals surface area contributed by atoms with E-state index in [0.29, 0.717) is 24.0 Å². The fourth-order valence-electron chi connectivity index (χ4n) is 5.05. The third-order valence-electron chi connectivity index (χ3n) is 7.00. The lowest BCUT2D eigenvalue weighted by atomic mass is 9.90. The summed E-state index contributed by atoms with van der Waals surface area (Å²) in [5.41, 5.74) is 8.86. The van der Waals surface area contributed by atoms with E-state index in [9.17, 15) is 4.79 Å². The van der Waals surface area contributed by atoms with Crippen molar-refractivity contribution in [3.63, 3.8) is 0 Å². The molecule has 0 aliphatic carbocycles. The Morgan fingerprint density at radius 2 is 1.89 bits per heavy atom. The van der Waals surface area contributed by atoms with Crippen LogP contribution < -0.4 is 4.74 Å². The Labute approximate surface area is 212 Å². The van der Waals surface area contributed by atoms with Crippen molar-refractivity contribution in [3.05, 3.63) is 94.2 Å². The van der Waals surface area contributed by atoms with Crippen LogP contribution in [0.15, 0.2) is 65.2 Å². The molecule has 2 heterocycles. The maximum absolute atomic E-state index is 12.0. The quantitative estimate of drug-likeness (QED) is 0.272. The van der Waals surface area contributed by atoms with E-state index < -0.39 is 0 Å². The minimum Gasteiger partial charge on any atom is -0.488 e. The number of hydrogen-bond acceptors (Lipinski definition) is 5. The molecule has 5 rings (SSSR count). The van der Waals surface area contributed by atoms with Crippen molar-refractivity contribution in [1.29, 1.82) is 0 Å². The first kappa shape index (κ1) is 24.0. The Kier molecular flexibility index (Phi) is 6.75. The standard InChI is InChI=1S/C31H32N2O3/c1-20(2)26-16-27(29(14-21(26)3)35-19-22-8-6-5-7-9-22)31-30(28(18-34)32-36-31)24-10-11-25-17-33(4)13-12-23(25)15-24/h5-11,14-16,18,20H,12-13,17,19H2,1-4H3. The second-order valence-electron chi connectivity index (χ2n) is 9.99. The molecule has 184 valence electrons.